The Morgan fingerprint density at radius 3 is 2.63 bits per heavy atom. The average Bonchev–Trinajstić information content (AvgIpc) is 2.38. The van der Waals surface area contributed by atoms with Crippen molar-refractivity contribution in [2.24, 2.45) is 5.92 Å². The van der Waals surface area contributed by atoms with Crippen molar-refractivity contribution in [1.29, 1.82) is 0 Å². The first-order valence-corrected chi connectivity index (χ1v) is 7.69. The van der Waals surface area contributed by atoms with E-state index in [1.54, 1.807) is 11.8 Å². The van der Waals surface area contributed by atoms with Gasteiger partial charge in [0.05, 0.1) is 7.11 Å². The van der Waals surface area contributed by atoms with Gasteiger partial charge in [0.15, 0.2) is 0 Å². The number of benzene rings is 1. The largest absolute Gasteiger partial charge is 0.467 e. The van der Waals surface area contributed by atoms with Crippen LogP contribution in [0.15, 0.2) is 23.1 Å². The molecule has 106 valence electrons. The number of hydrogen-bond acceptors (Lipinski definition) is 4. The SMILES string of the molecule is COC(=O)[C@@H](CC(C)C)Nc1ccc(C)c(SC)c1. The number of hydrogen-bond donors (Lipinski definition) is 1. The van der Waals surface area contributed by atoms with Crippen molar-refractivity contribution in [3.05, 3.63) is 23.8 Å². The van der Waals surface area contributed by atoms with Gasteiger partial charge in [0, 0.05) is 10.6 Å². The van der Waals surface area contributed by atoms with Crippen LogP contribution in [-0.4, -0.2) is 25.4 Å². The van der Waals surface area contributed by atoms with Crippen LogP contribution in [0.3, 0.4) is 0 Å². The van der Waals surface area contributed by atoms with Crippen molar-refractivity contribution in [3.63, 3.8) is 0 Å². The molecule has 0 fully saturated rings. The molecular formula is C15H23NO2S. The van der Waals surface area contributed by atoms with Crippen LogP contribution in [0.1, 0.15) is 25.8 Å². The van der Waals surface area contributed by atoms with E-state index in [4.69, 9.17) is 4.74 Å². The number of aryl methyl sites for hydroxylation is 1. The smallest absolute Gasteiger partial charge is 0.328 e. The number of thioether (sulfide) groups is 1. The number of ether oxygens (including phenoxy) is 1. The number of nitrogens with one attached hydrogen (secondary N) is 1. The highest BCUT2D eigenvalue weighted by Gasteiger charge is 2.20. The second-order valence-corrected chi connectivity index (χ2v) is 5.88. The van der Waals surface area contributed by atoms with Gasteiger partial charge in [-0.15, -0.1) is 11.8 Å². The number of carbonyl (C=O) groups excluding carboxylic acids is 1. The second-order valence-electron chi connectivity index (χ2n) is 5.03. The third-order valence-electron chi connectivity index (χ3n) is 2.94. The number of carbonyl (C=O) groups is 1. The van der Waals surface area contributed by atoms with Crippen LogP contribution >= 0.6 is 11.8 Å². The van der Waals surface area contributed by atoms with Crippen molar-refractivity contribution in [1.82, 2.24) is 0 Å². The van der Waals surface area contributed by atoms with Crippen LogP contribution in [0.2, 0.25) is 0 Å². The van der Waals surface area contributed by atoms with Gasteiger partial charge in [0.1, 0.15) is 6.04 Å². The lowest BCUT2D eigenvalue weighted by Crippen LogP contribution is -2.32. The Morgan fingerprint density at radius 2 is 2.11 bits per heavy atom. The zero-order valence-corrected chi connectivity index (χ0v) is 13.1. The summed E-state index contributed by atoms with van der Waals surface area (Å²) in [5.74, 6) is 0.224. The zero-order chi connectivity index (χ0) is 14.4. The Balaban J connectivity index is 2.86. The molecule has 4 heteroatoms. The molecule has 1 rings (SSSR count). The van der Waals surface area contributed by atoms with Crippen molar-refractivity contribution in [2.75, 3.05) is 18.7 Å². The Kier molecular flexibility index (Phi) is 6.22. The fraction of sp³-hybridized carbons (Fsp3) is 0.533. The third-order valence-corrected chi connectivity index (χ3v) is 3.82. The topological polar surface area (TPSA) is 38.3 Å². The molecule has 0 spiro atoms. The number of anilines is 1. The van der Waals surface area contributed by atoms with Crippen LogP contribution in [0.25, 0.3) is 0 Å². The first-order chi connectivity index (χ1) is 8.97. The van der Waals surface area contributed by atoms with Crippen LogP contribution in [-0.2, 0) is 9.53 Å². The lowest BCUT2D eigenvalue weighted by atomic mass is 10.0. The van der Waals surface area contributed by atoms with Gasteiger partial charge in [-0.05, 0) is 43.2 Å². The minimum absolute atomic E-state index is 0.208. The van der Waals surface area contributed by atoms with Gasteiger partial charge in [-0.2, -0.15) is 0 Å². The van der Waals surface area contributed by atoms with Gasteiger partial charge < -0.3 is 10.1 Å². The summed E-state index contributed by atoms with van der Waals surface area (Å²) in [4.78, 5) is 13.0. The van der Waals surface area contributed by atoms with Gasteiger partial charge >= 0.3 is 5.97 Å². The fourth-order valence-corrected chi connectivity index (χ4v) is 2.57. The molecule has 1 N–H and O–H groups in total. The van der Waals surface area contributed by atoms with Crippen molar-refractivity contribution in [2.45, 2.75) is 38.1 Å². The van der Waals surface area contributed by atoms with E-state index in [0.29, 0.717) is 5.92 Å². The Labute approximate surface area is 120 Å². The first kappa shape index (κ1) is 15.9. The molecule has 0 unspecified atom stereocenters. The summed E-state index contributed by atoms with van der Waals surface area (Å²) in [5, 5.41) is 3.28. The highest BCUT2D eigenvalue weighted by molar-refractivity contribution is 7.98. The van der Waals surface area contributed by atoms with E-state index in [0.717, 1.165) is 12.1 Å². The Bertz CT molecular complexity index is 432. The van der Waals surface area contributed by atoms with Gasteiger partial charge in [0.2, 0.25) is 0 Å². The van der Waals surface area contributed by atoms with Gasteiger partial charge in [0.25, 0.3) is 0 Å². The van der Waals surface area contributed by atoms with Gasteiger partial charge in [-0.3, -0.25) is 0 Å². The maximum Gasteiger partial charge on any atom is 0.328 e. The molecule has 0 radical (unpaired) electrons. The molecule has 0 aliphatic heterocycles. The highest BCUT2D eigenvalue weighted by Crippen LogP contribution is 2.24. The van der Waals surface area contributed by atoms with E-state index in [2.05, 4.69) is 44.5 Å². The summed E-state index contributed by atoms with van der Waals surface area (Å²) in [6, 6.07) is 5.86. The summed E-state index contributed by atoms with van der Waals surface area (Å²) in [7, 11) is 1.43. The maximum absolute atomic E-state index is 11.8. The van der Waals surface area contributed by atoms with Crippen LogP contribution in [0.4, 0.5) is 5.69 Å². The lowest BCUT2D eigenvalue weighted by Gasteiger charge is -2.20. The fourth-order valence-electron chi connectivity index (χ4n) is 1.94. The average molecular weight is 281 g/mol. The number of esters is 1. The van der Waals surface area contributed by atoms with Crippen LogP contribution in [0.5, 0.6) is 0 Å². The predicted octanol–water partition coefficient (Wildman–Crippen LogP) is 3.72. The summed E-state index contributed by atoms with van der Waals surface area (Å²) in [6.45, 7) is 6.28. The summed E-state index contributed by atoms with van der Waals surface area (Å²) in [6.07, 6.45) is 2.81. The molecule has 1 aromatic carbocycles. The maximum atomic E-state index is 11.8. The Hall–Kier alpha value is -1.16. The van der Waals surface area contributed by atoms with Gasteiger partial charge in [-0.25, -0.2) is 4.79 Å². The number of methoxy groups -OCH3 is 1. The van der Waals surface area contributed by atoms with E-state index in [-0.39, 0.29) is 12.0 Å². The molecule has 0 bridgehead atoms. The highest BCUT2D eigenvalue weighted by atomic mass is 32.2. The molecule has 0 aliphatic carbocycles. The quantitative estimate of drug-likeness (QED) is 0.637. The van der Waals surface area contributed by atoms with Crippen LogP contribution < -0.4 is 5.32 Å². The molecule has 0 aliphatic rings. The molecule has 1 atom stereocenters. The molecule has 0 aromatic heterocycles. The summed E-state index contributed by atoms with van der Waals surface area (Å²) < 4.78 is 4.86. The van der Waals surface area contributed by atoms with Crippen LogP contribution in [0, 0.1) is 12.8 Å². The van der Waals surface area contributed by atoms with E-state index >= 15 is 0 Å². The molecule has 1 aromatic rings. The molecule has 0 amide bonds. The molecule has 3 nitrogen and oxygen atoms in total. The summed E-state index contributed by atoms with van der Waals surface area (Å²) in [5.41, 5.74) is 2.21. The minimum atomic E-state index is -0.289. The second kappa shape index (κ2) is 7.43. The molecular weight excluding hydrogens is 258 g/mol. The monoisotopic (exact) mass is 281 g/mol. The van der Waals surface area contributed by atoms with E-state index in [9.17, 15) is 4.79 Å². The summed E-state index contributed by atoms with van der Waals surface area (Å²) >= 11 is 1.71. The molecule has 0 saturated carbocycles. The van der Waals surface area contributed by atoms with E-state index < -0.39 is 0 Å². The van der Waals surface area contributed by atoms with E-state index in [1.807, 2.05) is 6.07 Å². The van der Waals surface area contributed by atoms with E-state index in [1.165, 1.54) is 17.6 Å². The van der Waals surface area contributed by atoms with Crippen molar-refractivity contribution < 1.29 is 9.53 Å². The molecule has 19 heavy (non-hydrogen) atoms. The number of rotatable bonds is 6. The predicted molar refractivity (Wildman–Crippen MR) is 81.8 cm³/mol. The van der Waals surface area contributed by atoms with Gasteiger partial charge in [-0.1, -0.05) is 19.9 Å². The van der Waals surface area contributed by atoms with Crippen molar-refractivity contribution in [3.8, 4) is 0 Å². The lowest BCUT2D eigenvalue weighted by molar-refractivity contribution is -0.141. The standard InChI is InChI=1S/C15H23NO2S/c1-10(2)8-13(15(17)18-4)16-12-7-6-11(3)14(9-12)19-5/h6-7,9-10,13,16H,8H2,1-5H3/t13-/m1/s1. The first-order valence-electron chi connectivity index (χ1n) is 6.47. The zero-order valence-electron chi connectivity index (χ0n) is 12.3. The minimum Gasteiger partial charge on any atom is -0.467 e. The Morgan fingerprint density at radius 1 is 1.42 bits per heavy atom. The normalized spacial score (nSPS) is 12.3. The van der Waals surface area contributed by atoms with Crippen molar-refractivity contribution >= 4 is 23.4 Å². The molecule has 0 saturated heterocycles. The molecule has 0 heterocycles. The third kappa shape index (κ3) is 4.78.